The Kier molecular flexibility index (Phi) is 7.55. The second-order valence-electron chi connectivity index (χ2n) is 7.01. The summed E-state index contributed by atoms with van der Waals surface area (Å²) in [7, 11) is 1.54. The van der Waals surface area contributed by atoms with Gasteiger partial charge in [0.1, 0.15) is 17.1 Å². The van der Waals surface area contributed by atoms with Gasteiger partial charge in [-0.05, 0) is 18.2 Å². The summed E-state index contributed by atoms with van der Waals surface area (Å²) < 4.78 is 5.27. The summed E-state index contributed by atoms with van der Waals surface area (Å²) in [6.07, 6.45) is 0.269. The van der Waals surface area contributed by atoms with Gasteiger partial charge in [-0.1, -0.05) is 84.0 Å². The van der Waals surface area contributed by atoms with E-state index >= 15 is 0 Å². The summed E-state index contributed by atoms with van der Waals surface area (Å²) in [6.45, 7) is 0. The topological polar surface area (TPSA) is 77.0 Å². The lowest BCUT2D eigenvalue weighted by molar-refractivity contribution is -0.115. The van der Waals surface area contributed by atoms with Crippen LogP contribution in [0.15, 0.2) is 84.0 Å². The fourth-order valence-corrected chi connectivity index (χ4v) is 4.08. The van der Waals surface area contributed by atoms with Crippen LogP contribution >= 0.6 is 23.4 Å². The molecule has 1 heterocycles. The van der Waals surface area contributed by atoms with E-state index in [0.29, 0.717) is 27.4 Å². The average Bonchev–Trinajstić information content (AvgIpc) is 2.85. The van der Waals surface area contributed by atoms with Crippen LogP contribution in [-0.4, -0.2) is 34.0 Å². The van der Waals surface area contributed by atoms with Gasteiger partial charge in [-0.25, -0.2) is 4.98 Å². The van der Waals surface area contributed by atoms with Gasteiger partial charge in [-0.3, -0.25) is 4.79 Å². The summed E-state index contributed by atoms with van der Waals surface area (Å²) in [4.78, 5) is 17.2. The monoisotopic (exact) mass is 476 g/mol. The predicted octanol–water partition coefficient (Wildman–Crippen LogP) is 5.99. The zero-order valence-electron chi connectivity index (χ0n) is 17.9. The molecule has 1 N–H and O–H groups in total. The number of aromatic nitrogens is 3. The molecule has 6 nitrogen and oxygen atoms in total. The molecule has 0 fully saturated rings. The summed E-state index contributed by atoms with van der Waals surface area (Å²) in [6, 6.07) is 24.8. The number of rotatable bonds is 8. The van der Waals surface area contributed by atoms with Crippen molar-refractivity contribution in [2.75, 3.05) is 18.2 Å². The summed E-state index contributed by atoms with van der Waals surface area (Å²) in [5.41, 5.74) is 3.92. The zero-order chi connectivity index (χ0) is 23.0. The molecule has 4 aromatic rings. The molecule has 0 radical (unpaired) electrons. The van der Waals surface area contributed by atoms with Crippen molar-refractivity contribution in [2.24, 2.45) is 0 Å². The molecule has 4 rings (SSSR count). The molecule has 33 heavy (non-hydrogen) atoms. The standard InChI is InChI=1S/C25H21ClN4O2S/c1-32-21-13-12-19(26)16-20(21)27-22(31)14-15-33-25-28-23(17-8-4-2-5-9-17)24(29-30-25)18-10-6-3-7-11-18/h2-13,16H,14-15H2,1H3,(H,27,31). The Morgan fingerprint density at radius 2 is 1.61 bits per heavy atom. The Labute approximate surface area is 201 Å². The first-order valence-corrected chi connectivity index (χ1v) is 11.6. The molecule has 0 aliphatic heterocycles. The molecule has 0 bridgehead atoms. The number of carbonyl (C=O) groups excluding carboxylic acids is 1. The van der Waals surface area contributed by atoms with E-state index < -0.39 is 0 Å². The normalized spacial score (nSPS) is 10.6. The zero-order valence-corrected chi connectivity index (χ0v) is 19.4. The highest BCUT2D eigenvalue weighted by atomic mass is 35.5. The number of anilines is 1. The Hall–Kier alpha value is -3.42. The third-order valence-electron chi connectivity index (χ3n) is 4.76. The SMILES string of the molecule is COc1ccc(Cl)cc1NC(=O)CCSc1nnc(-c2ccccc2)c(-c2ccccc2)n1. The number of amides is 1. The van der Waals surface area contributed by atoms with Crippen molar-refractivity contribution in [3.8, 4) is 28.3 Å². The van der Waals surface area contributed by atoms with E-state index in [2.05, 4.69) is 15.5 Å². The first-order chi connectivity index (χ1) is 16.1. The van der Waals surface area contributed by atoms with Gasteiger partial charge < -0.3 is 10.1 Å². The largest absolute Gasteiger partial charge is 0.495 e. The fraction of sp³-hybridized carbons (Fsp3) is 0.120. The molecule has 1 amide bonds. The number of carbonyl (C=O) groups is 1. The van der Waals surface area contributed by atoms with E-state index in [4.69, 9.17) is 21.3 Å². The number of hydrogen-bond acceptors (Lipinski definition) is 6. The van der Waals surface area contributed by atoms with Gasteiger partial charge in [-0.15, -0.1) is 10.2 Å². The first kappa shape index (κ1) is 22.8. The van der Waals surface area contributed by atoms with Gasteiger partial charge in [0.25, 0.3) is 0 Å². The van der Waals surface area contributed by atoms with Crippen molar-refractivity contribution >= 4 is 35.0 Å². The van der Waals surface area contributed by atoms with Crippen molar-refractivity contribution in [1.29, 1.82) is 0 Å². The Morgan fingerprint density at radius 1 is 0.939 bits per heavy atom. The second-order valence-corrected chi connectivity index (χ2v) is 8.51. The van der Waals surface area contributed by atoms with Crippen LogP contribution in [0.3, 0.4) is 0 Å². The minimum absolute atomic E-state index is 0.153. The summed E-state index contributed by atoms with van der Waals surface area (Å²) in [5.74, 6) is 0.895. The van der Waals surface area contributed by atoms with Crippen LogP contribution in [0.5, 0.6) is 5.75 Å². The molecule has 0 spiro atoms. The number of benzene rings is 3. The summed E-state index contributed by atoms with van der Waals surface area (Å²) in [5, 5.41) is 12.6. The molecule has 1 aromatic heterocycles. The van der Waals surface area contributed by atoms with Crippen molar-refractivity contribution in [1.82, 2.24) is 15.2 Å². The number of ether oxygens (including phenoxy) is 1. The van der Waals surface area contributed by atoms with Crippen molar-refractivity contribution in [3.05, 3.63) is 83.9 Å². The maximum absolute atomic E-state index is 12.4. The van der Waals surface area contributed by atoms with Gasteiger partial charge in [0.05, 0.1) is 12.8 Å². The lowest BCUT2D eigenvalue weighted by Gasteiger charge is -2.11. The lowest BCUT2D eigenvalue weighted by atomic mass is 10.0. The Balaban J connectivity index is 1.47. The van der Waals surface area contributed by atoms with Gasteiger partial charge in [0.15, 0.2) is 0 Å². The van der Waals surface area contributed by atoms with Crippen LogP contribution in [0, 0.1) is 0 Å². The van der Waals surface area contributed by atoms with Crippen LogP contribution in [-0.2, 0) is 4.79 Å². The number of hydrogen-bond donors (Lipinski definition) is 1. The molecule has 8 heteroatoms. The van der Waals surface area contributed by atoms with Crippen LogP contribution in [0.1, 0.15) is 6.42 Å². The third-order valence-corrected chi connectivity index (χ3v) is 5.83. The lowest BCUT2D eigenvalue weighted by Crippen LogP contribution is -2.13. The smallest absolute Gasteiger partial charge is 0.225 e. The number of thioether (sulfide) groups is 1. The molecule has 0 saturated heterocycles. The minimum atomic E-state index is -0.153. The van der Waals surface area contributed by atoms with Gasteiger partial charge in [-0.2, -0.15) is 0 Å². The quantitative estimate of drug-likeness (QED) is 0.315. The molecule has 0 atom stereocenters. The number of nitrogens with one attached hydrogen (secondary N) is 1. The molecular weight excluding hydrogens is 456 g/mol. The third kappa shape index (κ3) is 5.88. The van der Waals surface area contributed by atoms with Crippen LogP contribution < -0.4 is 10.1 Å². The van der Waals surface area contributed by atoms with E-state index in [-0.39, 0.29) is 12.3 Å². The molecule has 0 saturated carbocycles. The Bertz CT molecular complexity index is 1240. The molecule has 166 valence electrons. The highest BCUT2D eigenvalue weighted by molar-refractivity contribution is 7.99. The van der Waals surface area contributed by atoms with Gasteiger partial charge in [0.2, 0.25) is 11.1 Å². The molecule has 0 unspecified atom stereocenters. The van der Waals surface area contributed by atoms with Crippen LogP contribution in [0.25, 0.3) is 22.5 Å². The summed E-state index contributed by atoms with van der Waals surface area (Å²) >= 11 is 7.41. The molecule has 3 aromatic carbocycles. The van der Waals surface area contributed by atoms with E-state index in [1.54, 1.807) is 25.3 Å². The molecule has 0 aliphatic rings. The van der Waals surface area contributed by atoms with Crippen molar-refractivity contribution in [3.63, 3.8) is 0 Å². The van der Waals surface area contributed by atoms with Gasteiger partial charge in [0, 0.05) is 28.3 Å². The van der Waals surface area contributed by atoms with Crippen LogP contribution in [0.4, 0.5) is 5.69 Å². The number of nitrogens with zero attached hydrogens (tertiary/aromatic N) is 3. The van der Waals surface area contributed by atoms with Crippen molar-refractivity contribution < 1.29 is 9.53 Å². The highest BCUT2D eigenvalue weighted by Crippen LogP contribution is 2.30. The minimum Gasteiger partial charge on any atom is -0.495 e. The Morgan fingerprint density at radius 3 is 2.27 bits per heavy atom. The van der Waals surface area contributed by atoms with E-state index in [1.807, 2.05) is 60.7 Å². The first-order valence-electron chi connectivity index (χ1n) is 10.3. The maximum Gasteiger partial charge on any atom is 0.225 e. The maximum atomic E-state index is 12.4. The van der Waals surface area contributed by atoms with E-state index in [1.165, 1.54) is 11.8 Å². The van der Waals surface area contributed by atoms with Gasteiger partial charge >= 0.3 is 0 Å². The number of halogens is 1. The van der Waals surface area contributed by atoms with Crippen LogP contribution in [0.2, 0.25) is 5.02 Å². The average molecular weight is 477 g/mol. The molecule has 0 aliphatic carbocycles. The fourth-order valence-electron chi connectivity index (χ4n) is 3.19. The molecular formula is C25H21ClN4O2S. The number of methoxy groups -OCH3 is 1. The highest BCUT2D eigenvalue weighted by Gasteiger charge is 2.14. The second kappa shape index (κ2) is 10.9. The predicted molar refractivity (Wildman–Crippen MR) is 133 cm³/mol. The van der Waals surface area contributed by atoms with E-state index in [9.17, 15) is 4.79 Å². The van der Waals surface area contributed by atoms with E-state index in [0.717, 1.165) is 22.5 Å². The van der Waals surface area contributed by atoms with Crippen molar-refractivity contribution in [2.45, 2.75) is 11.6 Å².